The Morgan fingerprint density at radius 1 is 1.40 bits per heavy atom. The standard InChI is InChI=1S/C9H15NO4S/c1-9(2,3)14-8(11)10-6-4-5-7(10)15(12)13/h4-6H2,1-3H3. The van der Waals surface area contributed by atoms with Crippen molar-refractivity contribution in [3.63, 3.8) is 0 Å². The molecular formula is C9H15NO4S. The predicted molar refractivity (Wildman–Crippen MR) is 56.1 cm³/mol. The lowest BCUT2D eigenvalue weighted by molar-refractivity contribution is 0.0386. The number of likely N-dealkylation sites (tertiary alicyclic amines) is 1. The summed E-state index contributed by atoms with van der Waals surface area (Å²) in [6.45, 7) is 5.65. The van der Waals surface area contributed by atoms with Crippen LogP contribution in [-0.2, 0) is 15.0 Å². The molecule has 1 aliphatic rings. The number of carbonyl (C=O) groups is 1. The lowest BCUT2D eigenvalue weighted by atomic mass is 10.2. The highest BCUT2D eigenvalue weighted by Gasteiger charge is 2.29. The van der Waals surface area contributed by atoms with Gasteiger partial charge in [-0.3, -0.25) is 4.90 Å². The van der Waals surface area contributed by atoms with Crippen LogP contribution in [0, 0.1) is 0 Å². The van der Waals surface area contributed by atoms with Crippen LogP contribution in [0.4, 0.5) is 4.79 Å². The lowest BCUT2D eigenvalue weighted by Gasteiger charge is -2.23. The van der Waals surface area contributed by atoms with Crippen LogP contribution < -0.4 is 0 Å². The molecule has 0 aliphatic carbocycles. The van der Waals surface area contributed by atoms with Gasteiger partial charge in [0.05, 0.1) is 0 Å². The maximum absolute atomic E-state index is 11.6. The highest BCUT2D eigenvalue weighted by Crippen LogP contribution is 2.16. The first-order valence-corrected chi connectivity index (χ1v) is 5.84. The normalized spacial score (nSPS) is 16.7. The van der Waals surface area contributed by atoms with Crippen LogP contribution in [0.15, 0.2) is 0 Å². The van der Waals surface area contributed by atoms with Gasteiger partial charge in [-0.1, -0.05) is 0 Å². The molecule has 15 heavy (non-hydrogen) atoms. The molecule has 1 heterocycles. The molecule has 5 nitrogen and oxygen atoms in total. The average Bonchev–Trinajstić information content (AvgIpc) is 2.47. The smallest absolute Gasteiger partial charge is 0.415 e. The fourth-order valence-corrected chi connectivity index (χ4v) is 1.99. The minimum Gasteiger partial charge on any atom is -0.443 e. The first-order valence-electron chi connectivity index (χ1n) is 4.77. The molecule has 0 N–H and O–H groups in total. The van der Waals surface area contributed by atoms with E-state index >= 15 is 0 Å². The number of ether oxygens (including phenoxy) is 1. The molecule has 1 saturated heterocycles. The van der Waals surface area contributed by atoms with Crippen LogP contribution in [0.25, 0.3) is 0 Å². The lowest BCUT2D eigenvalue weighted by Crippen LogP contribution is -2.37. The topological polar surface area (TPSA) is 63.7 Å². The van der Waals surface area contributed by atoms with Gasteiger partial charge >= 0.3 is 6.09 Å². The Hall–Kier alpha value is -1.04. The fourth-order valence-electron chi connectivity index (χ4n) is 1.33. The van der Waals surface area contributed by atoms with Gasteiger partial charge in [0.1, 0.15) is 10.6 Å². The van der Waals surface area contributed by atoms with Crippen molar-refractivity contribution in [3.05, 3.63) is 0 Å². The van der Waals surface area contributed by atoms with E-state index in [1.54, 1.807) is 20.8 Å². The molecule has 6 heteroatoms. The van der Waals surface area contributed by atoms with Crippen molar-refractivity contribution in [1.29, 1.82) is 0 Å². The summed E-state index contributed by atoms with van der Waals surface area (Å²) in [5, 5.41) is 0. The summed E-state index contributed by atoms with van der Waals surface area (Å²) >= 11 is 0. The van der Waals surface area contributed by atoms with E-state index in [0.717, 1.165) is 0 Å². The van der Waals surface area contributed by atoms with Crippen molar-refractivity contribution in [3.8, 4) is 0 Å². The van der Waals surface area contributed by atoms with E-state index in [2.05, 4.69) is 0 Å². The van der Waals surface area contributed by atoms with Crippen LogP contribution in [0.1, 0.15) is 33.6 Å². The van der Waals surface area contributed by atoms with Gasteiger partial charge in [0.2, 0.25) is 10.3 Å². The summed E-state index contributed by atoms with van der Waals surface area (Å²) in [6, 6.07) is 0. The Morgan fingerprint density at radius 2 is 2.00 bits per heavy atom. The van der Waals surface area contributed by atoms with Crippen molar-refractivity contribution in [2.45, 2.75) is 39.2 Å². The second-order valence-electron chi connectivity index (χ2n) is 4.36. The number of carbonyl (C=O) groups excluding carboxylic acids is 1. The minimum atomic E-state index is -2.33. The van der Waals surface area contributed by atoms with E-state index < -0.39 is 22.0 Å². The number of rotatable bonds is 0. The Balaban J connectivity index is 2.82. The van der Waals surface area contributed by atoms with Crippen LogP contribution in [0.2, 0.25) is 0 Å². The summed E-state index contributed by atoms with van der Waals surface area (Å²) in [5.74, 6) is 0. The molecule has 0 bridgehead atoms. The van der Waals surface area contributed by atoms with Crippen LogP contribution >= 0.6 is 0 Å². The zero-order valence-corrected chi connectivity index (χ0v) is 9.93. The number of amides is 1. The predicted octanol–water partition coefficient (Wildman–Crippen LogP) is 1.03. The second-order valence-corrected chi connectivity index (χ2v) is 5.30. The Labute approximate surface area is 90.5 Å². The quantitative estimate of drug-likeness (QED) is 0.586. The van der Waals surface area contributed by atoms with E-state index in [4.69, 9.17) is 4.74 Å². The van der Waals surface area contributed by atoms with E-state index in [0.29, 0.717) is 19.4 Å². The highest BCUT2D eigenvalue weighted by atomic mass is 32.2. The SMILES string of the molecule is CC(C)(C)OC(=O)N1CCCC1=S(=O)=O. The Bertz CT molecular complexity index is 383. The largest absolute Gasteiger partial charge is 0.443 e. The van der Waals surface area contributed by atoms with Crippen LogP contribution in [-0.4, -0.2) is 36.5 Å². The molecule has 0 aromatic heterocycles. The van der Waals surface area contributed by atoms with E-state index in [9.17, 15) is 13.2 Å². The zero-order chi connectivity index (χ0) is 11.6. The van der Waals surface area contributed by atoms with Gasteiger partial charge in [-0.05, 0) is 27.2 Å². The van der Waals surface area contributed by atoms with Gasteiger partial charge < -0.3 is 4.74 Å². The van der Waals surface area contributed by atoms with Gasteiger partial charge in [0.15, 0.2) is 0 Å². The summed E-state index contributed by atoms with van der Waals surface area (Å²) in [7, 11) is -2.33. The van der Waals surface area contributed by atoms with E-state index in [1.165, 1.54) is 4.90 Å². The van der Waals surface area contributed by atoms with Gasteiger partial charge in [-0.25, -0.2) is 4.79 Å². The number of hydrogen-bond acceptors (Lipinski definition) is 4. The van der Waals surface area contributed by atoms with Crippen molar-refractivity contribution in [2.24, 2.45) is 0 Å². The summed E-state index contributed by atoms with van der Waals surface area (Å²) in [5.41, 5.74) is -0.602. The van der Waals surface area contributed by atoms with Crippen LogP contribution in [0.3, 0.4) is 0 Å². The first-order chi connectivity index (χ1) is 6.81. The third-order valence-corrected chi connectivity index (χ3v) is 2.69. The molecule has 0 spiro atoms. The number of hydrogen-bond donors (Lipinski definition) is 0. The molecule has 86 valence electrons. The van der Waals surface area contributed by atoms with Crippen molar-refractivity contribution >= 4 is 21.4 Å². The van der Waals surface area contributed by atoms with Crippen molar-refractivity contribution < 1.29 is 17.9 Å². The zero-order valence-electron chi connectivity index (χ0n) is 9.11. The van der Waals surface area contributed by atoms with Crippen LogP contribution in [0.5, 0.6) is 0 Å². The van der Waals surface area contributed by atoms with Crippen molar-refractivity contribution in [1.82, 2.24) is 4.90 Å². The monoisotopic (exact) mass is 233 g/mol. The average molecular weight is 233 g/mol. The maximum Gasteiger partial charge on any atom is 0.415 e. The Morgan fingerprint density at radius 3 is 2.47 bits per heavy atom. The van der Waals surface area contributed by atoms with E-state index in [-0.39, 0.29) is 4.99 Å². The first kappa shape index (κ1) is 12.0. The summed E-state index contributed by atoms with van der Waals surface area (Å²) in [4.78, 5) is 12.9. The molecule has 1 fully saturated rings. The molecule has 1 rings (SSSR count). The third kappa shape index (κ3) is 3.23. The summed E-state index contributed by atoms with van der Waals surface area (Å²) < 4.78 is 26.7. The maximum atomic E-state index is 11.6. The second kappa shape index (κ2) is 4.22. The molecule has 0 unspecified atom stereocenters. The minimum absolute atomic E-state index is 0.129. The Kier molecular flexibility index (Phi) is 3.38. The molecule has 0 atom stereocenters. The molecule has 1 aliphatic heterocycles. The molecule has 1 amide bonds. The van der Waals surface area contributed by atoms with E-state index in [1.807, 2.05) is 0 Å². The van der Waals surface area contributed by atoms with Gasteiger partial charge in [-0.2, -0.15) is 8.42 Å². The highest BCUT2D eigenvalue weighted by molar-refractivity contribution is 7.72. The van der Waals surface area contributed by atoms with Crippen molar-refractivity contribution in [2.75, 3.05) is 6.54 Å². The number of nitrogens with zero attached hydrogens (tertiary/aromatic N) is 1. The van der Waals surface area contributed by atoms with Gasteiger partial charge in [0, 0.05) is 13.0 Å². The molecular weight excluding hydrogens is 218 g/mol. The molecule has 0 saturated carbocycles. The molecule has 0 aromatic rings. The molecule has 0 aromatic carbocycles. The fraction of sp³-hybridized carbons (Fsp3) is 0.778. The van der Waals surface area contributed by atoms with Gasteiger partial charge in [0.25, 0.3) is 0 Å². The van der Waals surface area contributed by atoms with Gasteiger partial charge in [-0.15, -0.1) is 0 Å². The summed E-state index contributed by atoms with van der Waals surface area (Å²) in [6.07, 6.45) is 0.497. The third-order valence-electron chi connectivity index (χ3n) is 1.88. The molecule has 0 radical (unpaired) electrons.